The van der Waals surface area contributed by atoms with Gasteiger partial charge in [-0.05, 0) is 49.1 Å². The minimum absolute atomic E-state index is 0.0784. The first-order chi connectivity index (χ1) is 10.6. The molecule has 1 saturated carbocycles. The number of rotatable bonds is 5. The number of amides is 1. The molecule has 1 aliphatic rings. The molecule has 0 bridgehead atoms. The lowest BCUT2D eigenvalue weighted by Crippen LogP contribution is -2.24. The summed E-state index contributed by atoms with van der Waals surface area (Å²) in [5, 5.41) is 2.91. The molecule has 1 fully saturated rings. The number of hydrogen-bond acceptors (Lipinski definition) is 3. The van der Waals surface area contributed by atoms with Crippen LogP contribution in [-0.4, -0.2) is 10.9 Å². The fourth-order valence-electron chi connectivity index (χ4n) is 2.51. The highest BCUT2D eigenvalue weighted by atomic mass is 16.3. The molecule has 2 aromatic heterocycles. The molecular formula is C18H20N2O2. The van der Waals surface area contributed by atoms with E-state index < -0.39 is 0 Å². The Morgan fingerprint density at radius 1 is 1.45 bits per heavy atom. The average Bonchev–Trinajstić information content (AvgIpc) is 3.08. The van der Waals surface area contributed by atoms with E-state index in [4.69, 9.17) is 4.42 Å². The van der Waals surface area contributed by atoms with Gasteiger partial charge in [0.05, 0.1) is 6.04 Å². The summed E-state index contributed by atoms with van der Waals surface area (Å²) in [4.78, 5) is 16.0. The zero-order valence-electron chi connectivity index (χ0n) is 12.8. The van der Waals surface area contributed by atoms with Crippen LogP contribution in [0.25, 0.3) is 6.08 Å². The number of carbonyl (C=O) groups is 1. The Bertz CT molecular complexity index is 675. The van der Waals surface area contributed by atoms with Crippen molar-refractivity contribution in [1.29, 1.82) is 0 Å². The smallest absolute Gasteiger partial charge is 0.244 e. The zero-order chi connectivity index (χ0) is 15.5. The normalized spacial score (nSPS) is 21.7. The van der Waals surface area contributed by atoms with Crippen molar-refractivity contribution >= 4 is 12.0 Å². The van der Waals surface area contributed by atoms with Gasteiger partial charge in [-0.3, -0.25) is 9.78 Å². The van der Waals surface area contributed by atoms with Gasteiger partial charge in [-0.25, -0.2) is 0 Å². The molecule has 22 heavy (non-hydrogen) atoms. The van der Waals surface area contributed by atoms with E-state index in [1.165, 1.54) is 12.5 Å². The van der Waals surface area contributed by atoms with Crippen molar-refractivity contribution in [3.05, 3.63) is 59.8 Å². The number of nitrogens with one attached hydrogen (secondary N) is 1. The molecule has 1 aliphatic carbocycles. The fraction of sp³-hybridized carbons (Fsp3) is 0.333. The van der Waals surface area contributed by atoms with Gasteiger partial charge >= 0.3 is 0 Å². The highest BCUT2D eigenvalue weighted by Gasteiger charge is 2.36. The molecule has 2 heterocycles. The second kappa shape index (κ2) is 6.18. The third-order valence-electron chi connectivity index (χ3n) is 4.06. The van der Waals surface area contributed by atoms with Crippen LogP contribution < -0.4 is 5.32 Å². The first kappa shape index (κ1) is 14.6. The molecule has 3 atom stereocenters. The van der Waals surface area contributed by atoms with Crippen molar-refractivity contribution < 1.29 is 9.21 Å². The summed E-state index contributed by atoms with van der Waals surface area (Å²) < 4.78 is 5.74. The average molecular weight is 296 g/mol. The number of aromatic nitrogens is 1. The summed E-state index contributed by atoms with van der Waals surface area (Å²) in [6, 6.07) is 7.64. The third kappa shape index (κ3) is 3.45. The fourth-order valence-corrected chi connectivity index (χ4v) is 2.51. The standard InChI is InChI=1S/C18H20N2O2/c1-12-10-16(12)17-7-5-15(22-17)6-8-18(21)20-13(2)14-4-3-9-19-11-14/h3-9,11-13,16H,10H2,1-2H3,(H,20,21)/b8-6+. The third-order valence-corrected chi connectivity index (χ3v) is 4.06. The van der Waals surface area contributed by atoms with Crippen LogP contribution in [0, 0.1) is 5.92 Å². The van der Waals surface area contributed by atoms with E-state index in [0.717, 1.165) is 17.1 Å². The largest absolute Gasteiger partial charge is 0.461 e. The van der Waals surface area contributed by atoms with Gasteiger partial charge in [0.1, 0.15) is 11.5 Å². The van der Waals surface area contributed by atoms with E-state index in [1.807, 2.05) is 31.2 Å². The summed E-state index contributed by atoms with van der Waals surface area (Å²) in [5.74, 6) is 2.87. The topological polar surface area (TPSA) is 55.1 Å². The number of hydrogen-bond donors (Lipinski definition) is 1. The Morgan fingerprint density at radius 3 is 2.95 bits per heavy atom. The van der Waals surface area contributed by atoms with E-state index in [9.17, 15) is 4.79 Å². The summed E-state index contributed by atoms with van der Waals surface area (Å²) in [6.07, 6.45) is 7.88. The molecule has 0 aliphatic heterocycles. The maximum atomic E-state index is 11.9. The molecule has 4 nitrogen and oxygen atoms in total. The summed E-state index contributed by atoms with van der Waals surface area (Å²) in [7, 11) is 0. The number of pyridine rings is 1. The molecule has 0 spiro atoms. The van der Waals surface area contributed by atoms with Crippen LogP contribution >= 0.6 is 0 Å². The second-order valence-corrected chi connectivity index (χ2v) is 5.91. The Hall–Kier alpha value is -2.36. The zero-order valence-corrected chi connectivity index (χ0v) is 12.8. The Morgan fingerprint density at radius 2 is 2.27 bits per heavy atom. The predicted octanol–water partition coefficient (Wildman–Crippen LogP) is 3.69. The SMILES string of the molecule is CC(NC(=O)/C=C/c1ccc(C2CC2C)o1)c1cccnc1. The maximum Gasteiger partial charge on any atom is 0.244 e. The van der Waals surface area contributed by atoms with Gasteiger partial charge in [-0.15, -0.1) is 0 Å². The van der Waals surface area contributed by atoms with Gasteiger partial charge in [0.15, 0.2) is 0 Å². The molecule has 0 radical (unpaired) electrons. The number of furan rings is 1. The van der Waals surface area contributed by atoms with Crippen LogP contribution in [0.4, 0.5) is 0 Å². The van der Waals surface area contributed by atoms with E-state index >= 15 is 0 Å². The van der Waals surface area contributed by atoms with Gasteiger partial charge in [0.2, 0.25) is 5.91 Å². The van der Waals surface area contributed by atoms with Crippen molar-refractivity contribution in [3.8, 4) is 0 Å². The molecule has 1 amide bonds. The van der Waals surface area contributed by atoms with Crippen molar-refractivity contribution in [2.24, 2.45) is 5.92 Å². The van der Waals surface area contributed by atoms with Gasteiger partial charge in [0, 0.05) is 24.4 Å². The molecule has 2 aromatic rings. The predicted molar refractivity (Wildman–Crippen MR) is 85.1 cm³/mol. The first-order valence-corrected chi connectivity index (χ1v) is 7.61. The highest BCUT2D eigenvalue weighted by molar-refractivity contribution is 5.91. The lowest BCUT2D eigenvalue weighted by Gasteiger charge is -2.11. The van der Waals surface area contributed by atoms with Crippen molar-refractivity contribution in [3.63, 3.8) is 0 Å². The monoisotopic (exact) mass is 296 g/mol. The van der Waals surface area contributed by atoms with Gasteiger partial charge < -0.3 is 9.73 Å². The Labute approximate surface area is 130 Å². The van der Waals surface area contributed by atoms with Crippen LogP contribution in [0.5, 0.6) is 0 Å². The van der Waals surface area contributed by atoms with Gasteiger partial charge in [0.25, 0.3) is 0 Å². The quantitative estimate of drug-likeness (QED) is 0.856. The first-order valence-electron chi connectivity index (χ1n) is 7.61. The van der Waals surface area contributed by atoms with Crippen LogP contribution in [0.1, 0.15) is 49.3 Å². The molecule has 0 saturated heterocycles. The van der Waals surface area contributed by atoms with Crippen molar-refractivity contribution in [1.82, 2.24) is 10.3 Å². The summed E-state index contributed by atoms with van der Waals surface area (Å²) >= 11 is 0. The molecule has 114 valence electrons. The highest BCUT2D eigenvalue weighted by Crippen LogP contribution is 2.47. The lowest BCUT2D eigenvalue weighted by molar-refractivity contribution is -0.117. The lowest BCUT2D eigenvalue weighted by atomic mass is 10.1. The second-order valence-electron chi connectivity index (χ2n) is 5.91. The van der Waals surface area contributed by atoms with Crippen molar-refractivity contribution in [2.75, 3.05) is 0 Å². The minimum atomic E-state index is -0.144. The van der Waals surface area contributed by atoms with Gasteiger partial charge in [-0.2, -0.15) is 0 Å². The van der Waals surface area contributed by atoms with Crippen molar-refractivity contribution in [2.45, 2.75) is 32.2 Å². The van der Waals surface area contributed by atoms with Gasteiger partial charge in [-0.1, -0.05) is 13.0 Å². The van der Waals surface area contributed by atoms with Crippen LogP contribution in [0.3, 0.4) is 0 Å². The molecule has 3 unspecified atom stereocenters. The molecule has 4 heteroatoms. The van der Waals surface area contributed by atoms with Crippen LogP contribution in [0.2, 0.25) is 0 Å². The Kier molecular flexibility index (Phi) is 4.09. The molecule has 0 aromatic carbocycles. The Balaban J connectivity index is 1.56. The van der Waals surface area contributed by atoms with E-state index in [1.54, 1.807) is 18.5 Å². The number of nitrogens with zero attached hydrogens (tertiary/aromatic N) is 1. The maximum absolute atomic E-state index is 11.9. The summed E-state index contributed by atoms with van der Waals surface area (Å²) in [5.41, 5.74) is 0.979. The molecular weight excluding hydrogens is 276 g/mol. The van der Waals surface area contributed by atoms with E-state index in [2.05, 4.69) is 17.2 Å². The minimum Gasteiger partial charge on any atom is -0.461 e. The van der Waals surface area contributed by atoms with E-state index in [0.29, 0.717) is 11.8 Å². The summed E-state index contributed by atoms with van der Waals surface area (Å²) in [6.45, 7) is 4.15. The number of carbonyl (C=O) groups excluding carboxylic acids is 1. The van der Waals surface area contributed by atoms with Crippen LogP contribution in [-0.2, 0) is 4.79 Å². The molecule has 3 rings (SSSR count). The molecule has 1 N–H and O–H groups in total. The van der Waals surface area contributed by atoms with Crippen LogP contribution in [0.15, 0.2) is 47.2 Å². The van der Waals surface area contributed by atoms with E-state index in [-0.39, 0.29) is 11.9 Å².